The molecule has 0 aromatic heterocycles. The summed E-state index contributed by atoms with van der Waals surface area (Å²) in [7, 11) is 0. The quantitative estimate of drug-likeness (QED) is 0.874. The fourth-order valence-electron chi connectivity index (χ4n) is 2.00. The number of halogens is 2. The van der Waals surface area contributed by atoms with Gasteiger partial charge in [0.25, 0.3) is 0 Å². The molecule has 2 rings (SSSR count). The van der Waals surface area contributed by atoms with E-state index in [1.807, 2.05) is 24.3 Å². The van der Waals surface area contributed by atoms with E-state index in [0.717, 1.165) is 30.3 Å². The summed E-state index contributed by atoms with van der Waals surface area (Å²) < 4.78 is 26.6. The number of nitrogens with one attached hydrogen (secondary N) is 1. The van der Waals surface area contributed by atoms with Gasteiger partial charge in [0, 0.05) is 17.8 Å². The molecular weight excluding hydrogens is 260 g/mol. The molecule has 0 aliphatic rings. The van der Waals surface area contributed by atoms with Gasteiger partial charge in [0.1, 0.15) is 11.6 Å². The first-order chi connectivity index (χ1) is 9.60. The number of benzene rings is 2. The fourth-order valence-corrected chi connectivity index (χ4v) is 2.00. The van der Waals surface area contributed by atoms with Crippen LogP contribution in [0.25, 0.3) is 0 Å². The molecular formula is C16H17F2NO. The van der Waals surface area contributed by atoms with E-state index >= 15 is 0 Å². The molecule has 0 fully saturated rings. The minimum atomic E-state index is -1.10. The molecule has 0 bridgehead atoms. The smallest absolute Gasteiger partial charge is 0.129 e. The van der Waals surface area contributed by atoms with Crippen LogP contribution in [0.4, 0.5) is 14.5 Å². The van der Waals surface area contributed by atoms with Crippen molar-refractivity contribution in [3.05, 3.63) is 65.2 Å². The molecule has 0 radical (unpaired) electrons. The Bertz CT molecular complexity index is 586. The van der Waals surface area contributed by atoms with Gasteiger partial charge in [-0.25, -0.2) is 8.78 Å². The van der Waals surface area contributed by atoms with Gasteiger partial charge in [-0.1, -0.05) is 19.1 Å². The predicted octanol–water partition coefficient (Wildman–Crippen LogP) is 3.67. The molecule has 0 aliphatic carbocycles. The van der Waals surface area contributed by atoms with Gasteiger partial charge in [-0.3, -0.25) is 0 Å². The Kier molecular flexibility index (Phi) is 4.69. The summed E-state index contributed by atoms with van der Waals surface area (Å²) in [6.07, 6.45) is -0.188. The highest BCUT2D eigenvalue weighted by Crippen LogP contribution is 2.19. The lowest BCUT2D eigenvalue weighted by Crippen LogP contribution is -2.13. The Labute approximate surface area is 117 Å². The summed E-state index contributed by atoms with van der Waals surface area (Å²) in [5.41, 5.74) is 1.98. The number of aliphatic hydroxyl groups excluding tert-OH is 1. The second kappa shape index (κ2) is 6.48. The van der Waals surface area contributed by atoms with Gasteiger partial charge in [0.2, 0.25) is 0 Å². The first-order valence-electron chi connectivity index (χ1n) is 6.56. The van der Waals surface area contributed by atoms with Crippen LogP contribution in [0.5, 0.6) is 0 Å². The molecule has 4 heteroatoms. The van der Waals surface area contributed by atoms with Crippen molar-refractivity contribution in [2.75, 3.05) is 11.9 Å². The van der Waals surface area contributed by atoms with E-state index in [1.54, 1.807) is 0 Å². The normalized spacial score (nSPS) is 12.2. The van der Waals surface area contributed by atoms with Crippen LogP contribution >= 0.6 is 0 Å². The van der Waals surface area contributed by atoms with Crippen molar-refractivity contribution < 1.29 is 13.9 Å². The molecule has 2 nitrogen and oxygen atoms in total. The van der Waals surface area contributed by atoms with Crippen LogP contribution in [0.15, 0.2) is 42.5 Å². The maximum atomic E-state index is 13.5. The summed E-state index contributed by atoms with van der Waals surface area (Å²) in [6.45, 7) is 2.17. The molecule has 0 saturated carbocycles. The van der Waals surface area contributed by atoms with E-state index in [4.69, 9.17) is 0 Å². The van der Waals surface area contributed by atoms with Gasteiger partial charge in [0.15, 0.2) is 0 Å². The highest BCUT2D eigenvalue weighted by atomic mass is 19.1. The lowest BCUT2D eigenvalue weighted by Gasteiger charge is -2.14. The minimum absolute atomic E-state index is 0.0378. The van der Waals surface area contributed by atoms with E-state index in [0.29, 0.717) is 0 Å². The Hall–Kier alpha value is -1.94. The van der Waals surface area contributed by atoms with Gasteiger partial charge < -0.3 is 10.4 Å². The van der Waals surface area contributed by atoms with Gasteiger partial charge in [-0.15, -0.1) is 0 Å². The van der Waals surface area contributed by atoms with Crippen LogP contribution in [-0.2, 0) is 6.42 Å². The van der Waals surface area contributed by atoms with E-state index in [1.165, 1.54) is 5.56 Å². The lowest BCUT2D eigenvalue weighted by molar-refractivity contribution is 0.186. The number of anilines is 1. The summed E-state index contributed by atoms with van der Waals surface area (Å²) in [5.74, 6) is -1.17. The van der Waals surface area contributed by atoms with Crippen molar-refractivity contribution >= 4 is 5.69 Å². The van der Waals surface area contributed by atoms with Crippen LogP contribution < -0.4 is 5.32 Å². The average Bonchev–Trinajstić information content (AvgIpc) is 2.47. The molecule has 0 amide bonds. The van der Waals surface area contributed by atoms with Crippen LogP contribution in [0.2, 0.25) is 0 Å². The van der Waals surface area contributed by atoms with Crippen molar-refractivity contribution in [2.45, 2.75) is 19.4 Å². The zero-order chi connectivity index (χ0) is 14.5. The fraction of sp³-hybridized carbons (Fsp3) is 0.250. The molecule has 0 spiro atoms. The number of rotatable bonds is 5. The van der Waals surface area contributed by atoms with Crippen molar-refractivity contribution in [1.82, 2.24) is 0 Å². The Balaban J connectivity index is 2.04. The largest absolute Gasteiger partial charge is 0.386 e. The summed E-state index contributed by atoms with van der Waals surface area (Å²) in [5, 5.41) is 13.0. The number of aryl methyl sites for hydroxylation is 1. The summed E-state index contributed by atoms with van der Waals surface area (Å²) in [6, 6.07) is 10.8. The van der Waals surface area contributed by atoms with Crippen molar-refractivity contribution in [2.24, 2.45) is 0 Å². The van der Waals surface area contributed by atoms with Crippen LogP contribution in [-0.4, -0.2) is 11.7 Å². The topological polar surface area (TPSA) is 32.3 Å². The molecule has 2 N–H and O–H groups in total. The number of aliphatic hydroxyl groups is 1. The van der Waals surface area contributed by atoms with Crippen LogP contribution in [0, 0.1) is 11.6 Å². The number of hydrogen-bond donors (Lipinski definition) is 2. The molecule has 0 aliphatic heterocycles. The third kappa shape index (κ3) is 3.54. The molecule has 106 valence electrons. The first-order valence-corrected chi connectivity index (χ1v) is 6.56. The monoisotopic (exact) mass is 277 g/mol. The van der Waals surface area contributed by atoms with Crippen molar-refractivity contribution in [3.8, 4) is 0 Å². The SMILES string of the molecule is CCc1cccc(NCC(O)c2cc(F)ccc2F)c1. The third-order valence-electron chi connectivity index (χ3n) is 3.15. The molecule has 1 unspecified atom stereocenters. The third-order valence-corrected chi connectivity index (χ3v) is 3.15. The van der Waals surface area contributed by atoms with Crippen LogP contribution in [0.3, 0.4) is 0 Å². The van der Waals surface area contributed by atoms with E-state index in [9.17, 15) is 13.9 Å². The van der Waals surface area contributed by atoms with Gasteiger partial charge in [0.05, 0.1) is 6.10 Å². The van der Waals surface area contributed by atoms with Crippen molar-refractivity contribution in [3.63, 3.8) is 0 Å². The first kappa shape index (κ1) is 14.5. The Morgan fingerprint density at radius 1 is 1.15 bits per heavy atom. The zero-order valence-electron chi connectivity index (χ0n) is 11.2. The maximum absolute atomic E-state index is 13.5. The second-order valence-corrected chi connectivity index (χ2v) is 4.62. The molecule has 2 aromatic rings. The Morgan fingerprint density at radius 3 is 2.70 bits per heavy atom. The lowest BCUT2D eigenvalue weighted by atomic mass is 10.1. The molecule has 0 saturated heterocycles. The van der Waals surface area contributed by atoms with E-state index < -0.39 is 17.7 Å². The van der Waals surface area contributed by atoms with E-state index in [2.05, 4.69) is 12.2 Å². The maximum Gasteiger partial charge on any atom is 0.129 e. The van der Waals surface area contributed by atoms with Gasteiger partial charge >= 0.3 is 0 Å². The minimum Gasteiger partial charge on any atom is -0.386 e. The second-order valence-electron chi connectivity index (χ2n) is 4.62. The highest BCUT2D eigenvalue weighted by Gasteiger charge is 2.13. The molecule has 1 atom stereocenters. The number of hydrogen-bond acceptors (Lipinski definition) is 2. The molecule has 0 heterocycles. The molecule has 2 aromatic carbocycles. The summed E-state index contributed by atoms with van der Waals surface area (Å²) in [4.78, 5) is 0. The molecule has 20 heavy (non-hydrogen) atoms. The highest BCUT2D eigenvalue weighted by molar-refractivity contribution is 5.46. The van der Waals surface area contributed by atoms with Gasteiger partial charge in [-0.05, 0) is 42.3 Å². The predicted molar refractivity (Wildman–Crippen MR) is 75.6 cm³/mol. The Morgan fingerprint density at radius 2 is 1.95 bits per heavy atom. The standard InChI is InChI=1S/C16H17F2NO/c1-2-11-4-3-5-13(8-11)19-10-16(20)14-9-12(17)6-7-15(14)18/h3-9,16,19-20H,2,10H2,1H3. The van der Waals surface area contributed by atoms with E-state index in [-0.39, 0.29) is 12.1 Å². The van der Waals surface area contributed by atoms with Gasteiger partial charge in [-0.2, -0.15) is 0 Å². The van der Waals surface area contributed by atoms with Crippen molar-refractivity contribution in [1.29, 1.82) is 0 Å². The summed E-state index contributed by atoms with van der Waals surface area (Å²) >= 11 is 0. The van der Waals surface area contributed by atoms with Crippen LogP contribution in [0.1, 0.15) is 24.2 Å². The average molecular weight is 277 g/mol. The zero-order valence-corrected chi connectivity index (χ0v) is 11.2.